The molecule has 0 radical (unpaired) electrons. The molecule has 1 aromatic carbocycles. The second kappa shape index (κ2) is 8.48. The minimum absolute atomic E-state index is 0.0903. The summed E-state index contributed by atoms with van der Waals surface area (Å²) in [6.07, 6.45) is 4.56. The van der Waals surface area contributed by atoms with Crippen LogP contribution in [0, 0.1) is 0 Å². The van der Waals surface area contributed by atoms with E-state index in [9.17, 15) is 4.79 Å². The van der Waals surface area contributed by atoms with Crippen molar-refractivity contribution in [1.82, 2.24) is 9.80 Å². The van der Waals surface area contributed by atoms with Gasteiger partial charge < -0.3 is 9.80 Å². The van der Waals surface area contributed by atoms with E-state index in [0.717, 1.165) is 19.5 Å². The number of benzene rings is 1. The number of likely N-dealkylation sites (N-methyl/N-ethyl adjacent to an activating group) is 1. The van der Waals surface area contributed by atoms with Crippen molar-refractivity contribution in [2.45, 2.75) is 19.9 Å². The lowest BCUT2D eigenvalue weighted by Crippen LogP contribution is -2.30. The maximum absolute atomic E-state index is 12.1. The van der Waals surface area contributed by atoms with Gasteiger partial charge >= 0.3 is 0 Å². The van der Waals surface area contributed by atoms with Crippen LogP contribution in [0.3, 0.4) is 0 Å². The molecule has 0 aliphatic heterocycles. The first-order valence-corrected chi connectivity index (χ1v) is 6.77. The highest BCUT2D eigenvalue weighted by atomic mass is 16.2. The molecule has 0 fully saturated rings. The summed E-state index contributed by atoms with van der Waals surface area (Å²) in [5, 5.41) is 0. The summed E-state index contributed by atoms with van der Waals surface area (Å²) in [6, 6.07) is 10.1. The zero-order valence-electron chi connectivity index (χ0n) is 12.2. The molecule has 3 heteroatoms. The molecule has 19 heavy (non-hydrogen) atoms. The molecule has 0 atom stereocenters. The molecule has 3 nitrogen and oxygen atoms in total. The minimum Gasteiger partial charge on any atom is -0.335 e. The molecule has 0 N–H and O–H groups in total. The summed E-state index contributed by atoms with van der Waals surface area (Å²) in [5.41, 5.74) is 1.17. The molecule has 1 aromatic rings. The lowest BCUT2D eigenvalue weighted by atomic mass is 10.2. The van der Waals surface area contributed by atoms with Gasteiger partial charge in [0.25, 0.3) is 0 Å². The molecule has 0 saturated heterocycles. The van der Waals surface area contributed by atoms with Crippen LogP contribution in [-0.2, 0) is 11.3 Å². The van der Waals surface area contributed by atoms with E-state index in [0.29, 0.717) is 6.54 Å². The minimum atomic E-state index is 0.0903. The molecule has 0 unspecified atom stereocenters. The van der Waals surface area contributed by atoms with Gasteiger partial charge in [-0.15, -0.1) is 0 Å². The van der Waals surface area contributed by atoms with Crippen molar-refractivity contribution in [3.63, 3.8) is 0 Å². The van der Waals surface area contributed by atoms with Crippen LogP contribution in [0.25, 0.3) is 0 Å². The second-order valence-corrected chi connectivity index (χ2v) is 4.91. The van der Waals surface area contributed by atoms with Crippen molar-refractivity contribution in [2.75, 3.05) is 27.2 Å². The number of carbonyl (C=O) groups is 1. The SMILES string of the molecule is CCCN(Cc1ccccc1)C(=O)C=CCN(C)C. The summed E-state index contributed by atoms with van der Waals surface area (Å²) < 4.78 is 0. The molecule has 0 saturated carbocycles. The summed E-state index contributed by atoms with van der Waals surface area (Å²) >= 11 is 0. The molecule has 0 aliphatic rings. The molecule has 1 amide bonds. The Morgan fingerprint density at radius 1 is 1.21 bits per heavy atom. The Bertz CT molecular complexity index is 398. The molecule has 0 heterocycles. The Labute approximate surface area is 116 Å². The Morgan fingerprint density at radius 3 is 2.47 bits per heavy atom. The number of hydrogen-bond acceptors (Lipinski definition) is 2. The zero-order valence-corrected chi connectivity index (χ0v) is 12.2. The van der Waals surface area contributed by atoms with Gasteiger partial charge in [-0.2, -0.15) is 0 Å². The molecular weight excluding hydrogens is 236 g/mol. The normalized spacial score (nSPS) is 11.2. The average molecular weight is 260 g/mol. The number of amides is 1. The fraction of sp³-hybridized carbons (Fsp3) is 0.438. The summed E-state index contributed by atoms with van der Waals surface area (Å²) in [4.78, 5) is 16.1. The predicted octanol–water partition coefficient (Wildman–Crippen LogP) is 2.54. The van der Waals surface area contributed by atoms with Crippen LogP contribution < -0.4 is 0 Å². The quantitative estimate of drug-likeness (QED) is 0.703. The average Bonchev–Trinajstić information content (AvgIpc) is 2.39. The molecule has 0 aromatic heterocycles. The van der Waals surface area contributed by atoms with Gasteiger partial charge in [-0.3, -0.25) is 4.79 Å². The third-order valence-electron chi connectivity index (χ3n) is 2.75. The van der Waals surface area contributed by atoms with Crippen molar-refractivity contribution < 1.29 is 4.79 Å². The van der Waals surface area contributed by atoms with Gasteiger partial charge in [-0.05, 0) is 26.1 Å². The Kier molecular flexibility index (Phi) is 6.90. The fourth-order valence-electron chi connectivity index (χ4n) is 1.81. The third kappa shape index (κ3) is 6.20. The molecule has 0 bridgehead atoms. The van der Waals surface area contributed by atoms with E-state index in [-0.39, 0.29) is 5.91 Å². The number of hydrogen-bond donors (Lipinski definition) is 0. The van der Waals surface area contributed by atoms with Crippen LogP contribution in [0.4, 0.5) is 0 Å². The summed E-state index contributed by atoms with van der Waals surface area (Å²) in [7, 11) is 3.98. The first-order valence-electron chi connectivity index (χ1n) is 6.77. The molecule has 0 aliphatic carbocycles. The van der Waals surface area contributed by atoms with Crippen LogP contribution in [0.15, 0.2) is 42.5 Å². The highest BCUT2D eigenvalue weighted by Gasteiger charge is 2.09. The third-order valence-corrected chi connectivity index (χ3v) is 2.75. The lowest BCUT2D eigenvalue weighted by molar-refractivity contribution is -0.126. The van der Waals surface area contributed by atoms with Crippen LogP contribution in [0.5, 0.6) is 0 Å². The van der Waals surface area contributed by atoms with E-state index in [1.54, 1.807) is 6.08 Å². The predicted molar refractivity (Wildman–Crippen MR) is 79.8 cm³/mol. The maximum atomic E-state index is 12.1. The first kappa shape index (κ1) is 15.4. The van der Waals surface area contributed by atoms with Gasteiger partial charge in [0.2, 0.25) is 5.91 Å². The van der Waals surface area contributed by atoms with Crippen LogP contribution in [0.1, 0.15) is 18.9 Å². The van der Waals surface area contributed by atoms with E-state index in [1.807, 2.05) is 48.2 Å². The van der Waals surface area contributed by atoms with Crippen molar-refractivity contribution in [1.29, 1.82) is 0 Å². The Morgan fingerprint density at radius 2 is 1.89 bits per heavy atom. The molecular formula is C16H24N2O. The van der Waals surface area contributed by atoms with Gasteiger partial charge in [-0.25, -0.2) is 0 Å². The van der Waals surface area contributed by atoms with E-state index in [2.05, 4.69) is 19.1 Å². The van der Waals surface area contributed by atoms with Gasteiger partial charge in [0.05, 0.1) is 0 Å². The van der Waals surface area contributed by atoms with Crippen molar-refractivity contribution in [2.24, 2.45) is 0 Å². The zero-order chi connectivity index (χ0) is 14.1. The van der Waals surface area contributed by atoms with Crippen molar-refractivity contribution >= 4 is 5.91 Å². The largest absolute Gasteiger partial charge is 0.335 e. The topological polar surface area (TPSA) is 23.6 Å². The van der Waals surface area contributed by atoms with E-state index >= 15 is 0 Å². The standard InChI is InChI=1S/C16H24N2O/c1-4-12-18(14-15-9-6-5-7-10-15)16(19)11-8-13-17(2)3/h5-11H,4,12-14H2,1-3H3. The molecule has 1 rings (SSSR count). The smallest absolute Gasteiger partial charge is 0.246 e. The van der Waals surface area contributed by atoms with Crippen LogP contribution >= 0.6 is 0 Å². The van der Waals surface area contributed by atoms with Crippen LogP contribution in [0.2, 0.25) is 0 Å². The second-order valence-electron chi connectivity index (χ2n) is 4.91. The van der Waals surface area contributed by atoms with Crippen molar-refractivity contribution in [3.05, 3.63) is 48.0 Å². The fourth-order valence-corrected chi connectivity index (χ4v) is 1.81. The molecule has 0 spiro atoms. The lowest BCUT2D eigenvalue weighted by Gasteiger charge is -2.20. The van der Waals surface area contributed by atoms with Gasteiger partial charge in [0.1, 0.15) is 0 Å². The van der Waals surface area contributed by atoms with Gasteiger partial charge in [0.15, 0.2) is 0 Å². The van der Waals surface area contributed by atoms with E-state index < -0.39 is 0 Å². The maximum Gasteiger partial charge on any atom is 0.246 e. The highest BCUT2D eigenvalue weighted by molar-refractivity contribution is 5.87. The van der Waals surface area contributed by atoms with Crippen molar-refractivity contribution in [3.8, 4) is 0 Å². The van der Waals surface area contributed by atoms with Gasteiger partial charge in [-0.1, -0.05) is 43.3 Å². The summed E-state index contributed by atoms with van der Waals surface area (Å²) in [6.45, 7) is 4.35. The monoisotopic (exact) mass is 260 g/mol. The number of rotatable bonds is 7. The summed E-state index contributed by atoms with van der Waals surface area (Å²) in [5.74, 6) is 0.0903. The van der Waals surface area contributed by atoms with E-state index in [1.165, 1.54) is 5.56 Å². The van der Waals surface area contributed by atoms with Gasteiger partial charge in [0, 0.05) is 25.7 Å². The Balaban J connectivity index is 2.61. The number of carbonyl (C=O) groups excluding carboxylic acids is 1. The highest BCUT2D eigenvalue weighted by Crippen LogP contribution is 2.06. The molecule has 104 valence electrons. The number of nitrogens with zero attached hydrogens (tertiary/aromatic N) is 2. The van der Waals surface area contributed by atoms with Crippen LogP contribution in [-0.4, -0.2) is 42.9 Å². The van der Waals surface area contributed by atoms with E-state index in [4.69, 9.17) is 0 Å². The Hall–Kier alpha value is -1.61. The first-order chi connectivity index (χ1) is 9.13.